The van der Waals surface area contributed by atoms with Crippen molar-refractivity contribution in [2.75, 3.05) is 52.3 Å². The number of nitrogens with one attached hydrogen (secondary N) is 1. The average Bonchev–Trinajstić information content (AvgIpc) is 3.02. The van der Waals surface area contributed by atoms with Gasteiger partial charge in [-0.05, 0) is 44.6 Å². The molecule has 1 fully saturated rings. The van der Waals surface area contributed by atoms with E-state index in [1.165, 1.54) is 17.5 Å². The first-order valence-electron chi connectivity index (χ1n) is 10.6. The zero-order chi connectivity index (χ0) is 25.0. The number of carbonyl (C=O) groups excluding carboxylic acids is 1. The van der Waals surface area contributed by atoms with Crippen molar-refractivity contribution in [1.82, 2.24) is 19.0 Å². The molecule has 2 aromatic rings. The van der Waals surface area contributed by atoms with Gasteiger partial charge in [0.05, 0.1) is 22.7 Å². The number of anilines is 1. The second-order valence-electron chi connectivity index (χ2n) is 8.06. The molecule has 1 amide bonds. The molecule has 0 aliphatic carbocycles. The summed E-state index contributed by atoms with van der Waals surface area (Å²) in [4.78, 5) is 27.7. The molecule has 3 rings (SSSR count). The number of halogens is 2. The Balaban J connectivity index is 1.89. The summed E-state index contributed by atoms with van der Waals surface area (Å²) in [7, 11) is -0.433. The van der Waals surface area contributed by atoms with Crippen LogP contribution in [0.1, 0.15) is 18.0 Å². The molecule has 1 unspecified atom stereocenters. The highest BCUT2D eigenvalue weighted by Crippen LogP contribution is 2.25. The van der Waals surface area contributed by atoms with Crippen LogP contribution in [0.5, 0.6) is 0 Å². The van der Waals surface area contributed by atoms with Gasteiger partial charge in [-0.25, -0.2) is 13.1 Å². The molecule has 34 heavy (non-hydrogen) atoms. The normalized spacial score (nSPS) is 16.7. The van der Waals surface area contributed by atoms with Crippen molar-refractivity contribution < 1.29 is 17.9 Å². The quantitative estimate of drug-likeness (QED) is 0.581. The van der Waals surface area contributed by atoms with E-state index in [4.69, 9.17) is 27.9 Å². The highest BCUT2D eigenvalue weighted by Gasteiger charge is 2.29. The predicted molar refractivity (Wildman–Crippen MR) is 130 cm³/mol. The third-order valence-electron chi connectivity index (χ3n) is 5.58. The van der Waals surface area contributed by atoms with Gasteiger partial charge in [0.25, 0.3) is 11.5 Å². The van der Waals surface area contributed by atoms with Crippen LogP contribution in [-0.4, -0.2) is 80.3 Å². The summed E-state index contributed by atoms with van der Waals surface area (Å²) in [6.45, 7) is 3.80. The summed E-state index contributed by atoms with van der Waals surface area (Å²) in [6, 6.07) is 3.49. The van der Waals surface area contributed by atoms with Gasteiger partial charge in [-0.15, -0.1) is 0 Å². The molecule has 1 saturated heterocycles. The van der Waals surface area contributed by atoms with Gasteiger partial charge in [0.1, 0.15) is 5.02 Å². The Bertz CT molecular complexity index is 1220. The molecule has 13 heteroatoms. The fourth-order valence-corrected chi connectivity index (χ4v) is 5.63. The first-order valence-corrected chi connectivity index (χ1v) is 12.8. The van der Waals surface area contributed by atoms with Gasteiger partial charge >= 0.3 is 0 Å². The summed E-state index contributed by atoms with van der Waals surface area (Å²) < 4.78 is 34.2. The van der Waals surface area contributed by atoms with E-state index < -0.39 is 27.5 Å². The maximum atomic E-state index is 13.4. The topological polar surface area (TPSA) is 114 Å². The molecule has 1 aliphatic rings. The minimum atomic E-state index is -3.77. The predicted octanol–water partition coefficient (Wildman–Crippen LogP) is 2.01. The molecule has 0 spiro atoms. The van der Waals surface area contributed by atoms with Crippen LogP contribution in [0, 0.1) is 6.92 Å². The smallest absolute Gasteiger partial charge is 0.287 e. The van der Waals surface area contributed by atoms with Gasteiger partial charge in [-0.1, -0.05) is 29.3 Å². The molecule has 10 nitrogen and oxygen atoms in total. The molecule has 2 heterocycles. The van der Waals surface area contributed by atoms with Crippen molar-refractivity contribution in [3.05, 3.63) is 50.4 Å². The third kappa shape index (κ3) is 5.78. The van der Waals surface area contributed by atoms with Crippen molar-refractivity contribution in [3.63, 3.8) is 0 Å². The molecule has 1 aromatic heterocycles. The number of hydrogen-bond acceptors (Lipinski definition) is 7. The van der Waals surface area contributed by atoms with E-state index in [9.17, 15) is 18.0 Å². The molecular formula is C21H27Cl2N5O5S. The lowest BCUT2D eigenvalue weighted by atomic mass is 10.2. The molecule has 1 N–H and O–H groups in total. The molecule has 1 atom stereocenters. The van der Waals surface area contributed by atoms with Crippen LogP contribution >= 0.6 is 23.2 Å². The first kappa shape index (κ1) is 26.6. The Morgan fingerprint density at radius 1 is 1.24 bits per heavy atom. The van der Waals surface area contributed by atoms with E-state index in [1.807, 2.05) is 7.05 Å². The standard InChI is InChI=1S/C21H27Cl2N5O5S/c1-14-5-6-15(11-18(14)34(31,32)27-8-4-7-26(2)9-10-27)25-20(29)17(13-33-3)28-21(30)19(23)16(22)12-24-28/h5-6,11-12,17H,4,7-10,13H2,1-3H3,(H,25,29). The van der Waals surface area contributed by atoms with Crippen LogP contribution in [0.25, 0.3) is 0 Å². The maximum absolute atomic E-state index is 13.4. The van der Waals surface area contributed by atoms with Crippen LogP contribution in [0.3, 0.4) is 0 Å². The van der Waals surface area contributed by atoms with Crippen LogP contribution in [0.15, 0.2) is 34.1 Å². The van der Waals surface area contributed by atoms with Crippen molar-refractivity contribution in [2.45, 2.75) is 24.3 Å². The number of methoxy groups -OCH3 is 1. The SMILES string of the molecule is COCC(C(=O)Nc1ccc(C)c(S(=O)(=O)N2CCCN(C)CC2)c1)n1ncc(Cl)c(Cl)c1=O. The van der Waals surface area contributed by atoms with Gasteiger partial charge in [0.15, 0.2) is 6.04 Å². The van der Waals surface area contributed by atoms with Crippen LogP contribution in [0.4, 0.5) is 5.69 Å². The van der Waals surface area contributed by atoms with Crippen molar-refractivity contribution in [1.29, 1.82) is 0 Å². The van der Waals surface area contributed by atoms with Gasteiger partial charge in [-0.3, -0.25) is 9.59 Å². The minimum Gasteiger partial charge on any atom is -0.382 e. The van der Waals surface area contributed by atoms with Crippen LogP contribution in [0.2, 0.25) is 10.0 Å². The van der Waals surface area contributed by atoms with E-state index in [-0.39, 0.29) is 27.2 Å². The second-order valence-corrected chi connectivity index (χ2v) is 10.7. The third-order valence-corrected chi connectivity index (χ3v) is 8.36. The maximum Gasteiger partial charge on any atom is 0.287 e. The number of amides is 1. The highest BCUT2D eigenvalue weighted by molar-refractivity contribution is 7.89. The lowest BCUT2D eigenvalue weighted by molar-refractivity contribution is -0.121. The molecule has 0 radical (unpaired) electrons. The number of ether oxygens (including phenoxy) is 1. The Morgan fingerprint density at radius 3 is 2.68 bits per heavy atom. The summed E-state index contributed by atoms with van der Waals surface area (Å²) >= 11 is 11.8. The average molecular weight is 532 g/mol. The summed E-state index contributed by atoms with van der Waals surface area (Å²) in [6.07, 6.45) is 1.89. The number of aryl methyl sites for hydroxylation is 1. The lowest BCUT2D eigenvalue weighted by Gasteiger charge is -2.22. The van der Waals surface area contributed by atoms with E-state index in [1.54, 1.807) is 19.1 Å². The van der Waals surface area contributed by atoms with E-state index in [0.717, 1.165) is 23.8 Å². The Hall–Kier alpha value is -2.02. The van der Waals surface area contributed by atoms with E-state index in [0.29, 0.717) is 25.2 Å². The van der Waals surface area contributed by atoms with E-state index in [2.05, 4.69) is 15.3 Å². The number of aromatic nitrogens is 2. The zero-order valence-corrected chi connectivity index (χ0v) is 21.5. The number of likely N-dealkylation sites (N-methyl/N-ethyl adjacent to an activating group) is 1. The van der Waals surface area contributed by atoms with Crippen LogP contribution in [-0.2, 0) is 19.6 Å². The van der Waals surface area contributed by atoms with Gasteiger partial charge in [-0.2, -0.15) is 9.40 Å². The number of hydrogen-bond donors (Lipinski definition) is 1. The molecule has 0 bridgehead atoms. The van der Waals surface area contributed by atoms with Gasteiger partial charge < -0.3 is 15.0 Å². The molecular weight excluding hydrogens is 505 g/mol. The number of nitrogens with zero attached hydrogens (tertiary/aromatic N) is 4. The summed E-state index contributed by atoms with van der Waals surface area (Å²) in [5, 5.41) is 6.27. The fourth-order valence-electron chi connectivity index (χ4n) is 3.65. The Labute approximate surface area is 208 Å². The lowest BCUT2D eigenvalue weighted by Crippen LogP contribution is -2.38. The number of rotatable bonds is 7. The number of sulfonamides is 1. The van der Waals surface area contributed by atoms with Crippen molar-refractivity contribution in [3.8, 4) is 0 Å². The van der Waals surface area contributed by atoms with E-state index >= 15 is 0 Å². The zero-order valence-electron chi connectivity index (χ0n) is 19.1. The monoisotopic (exact) mass is 531 g/mol. The molecule has 1 aliphatic heterocycles. The van der Waals surface area contributed by atoms with Crippen LogP contribution < -0.4 is 10.9 Å². The second kappa shape index (κ2) is 11.1. The largest absolute Gasteiger partial charge is 0.382 e. The fraction of sp³-hybridized carbons (Fsp3) is 0.476. The highest BCUT2D eigenvalue weighted by atomic mass is 35.5. The molecule has 1 aromatic carbocycles. The van der Waals surface area contributed by atoms with Gasteiger partial charge in [0, 0.05) is 32.4 Å². The van der Waals surface area contributed by atoms with Gasteiger partial charge in [0.2, 0.25) is 10.0 Å². The number of carbonyl (C=O) groups is 1. The Kier molecular flexibility index (Phi) is 8.72. The number of benzene rings is 1. The minimum absolute atomic E-state index is 0.0346. The Morgan fingerprint density at radius 2 is 1.97 bits per heavy atom. The summed E-state index contributed by atoms with van der Waals surface area (Å²) in [5.41, 5.74) is 0.0754. The van der Waals surface area contributed by atoms with Crippen molar-refractivity contribution in [2.24, 2.45) is 0 Å². The first-order chi connectivity index (χ1) is 16.1. The van der Waals surface area contributed by atoms with Crippen molar-refractivity contribution >= 4 is 44.8 Å². The summed E-state index contributed by atoms with van der Waals surface area (Å²) in [5.74, 6) is -0.626. The molecule has 0 saturated carbocycles. The molecule has 186 valence electrons.